The normalized spacial score (nSPS) is 12.7. The summed E-state index contributed by atoms with van der Waals surface area (Å²) in [5, 5.41) is 3.35. The lowest BCUT2D eigenvalue weighted by atomic mass is 10.1. The van der Waals surface area contributed by atoms with Gasteiger partial charge in [-0.2, -0.15) is 0 Å². The second kappa shape index (κ2) is 8.44. The van der Waals surface area contributed by atoms with Gasteiger partial charge < -0.3 is 13.9 Å². The highest BCUT2D eigenvalue weighted by Gasteiger charge is 2.39. The molecule has 0 atom stereocenters. The molecule has 0 saturated heterocycles. The van der Waals surface area contributed by atoms with Gasteiger partial charge in [0.1, 0.15) is 11.3 Å². The van der Waals surface area contributed by atoms with E-state index in [9.17, 15) is 4.79 Å². The molecule has 0 aliphatic heterocycles. The van der Waals surface area contributed by atoms with Gasteiger partial charge in [-0.1, -0.05) is 26.8 Å². The molecule has 0 aromatic heterocycles. The van der Waals surface area contributed by atoms with E-state index in [1.54, 1.807) is 7.11 Å². The molecule has 0 fully saturated rings. The third-order valence-electron chi connectivity index (χ3n) is 4.92. The molecule has 1 aromatic rings. The molecule has 0 aliphatic carbocycles. The molecular weight excluding hydrogens is 346 g/mol. The van der Waals surface area contributed by atoms with Crippen LogP contribution in [0.3, 0.4) is 0 Å². The van der Waals surface area contributed by atoms with E-state index < -0.39 is 13.9 Å². The molecule has 148 valence electrons. The van der Waals surface area contributed by atoms with Crippen LogP contribution in [0.25, 0.3) is 0 Å². The Balaban J connectivity index is 2.98. The fraction of sp³-hybridized carbons (Fsp3) is 0.650. The molecule has 26 heavy (non-hydrogen) atoms. The topological polar surface area (TPSA) is 56.8 Å². The van der Waals surface area contributed by atoms with Crippen LogP contribution < -0.4 is 14.5 Å². The first kappa shape index (κ1) is 22.5. The molecular formula is C20H35NO4Si. The van der Waals surface area contributed by atoms with Crippen LogP contribution in [0.5, 0.6) is 11.5 Å². The first-order valence-corrected chi connectivity index (χ1v) is 12.0. The first-order valence-electron chi connectivity index (χ1n) is 9.12. The third-order valence-corrected chi connectivity index (χ3v) is 9.26. The maximum absolute atomic E-state index is 12.0. The molecule has 5 nitrogen and oxygen atoms in total. The lowest BCUT2D eigenvalue weighted by Crippen LogP contribution is -2.47. The summed E-state index contributed by atoms with van der Waals surface area (Å²) in [6, 6.07) is 5.88. The van der Waals surface area contributed by atoms with E-state index in [0.717, 1.165) is 17.1 Å². The van der Waals surface area contributed by atoms with Crippen LogP contribution in [0, 0.1) is 0 Å². The van der Waals surface area contributed by atoms with Crippen LogP contribution in [-0.4, -0.2) is 33.5 Å². The van der Waals surface area contributed by atoms with E-state index in [2.05, 4.69) is 39.2 Å². The van der Waals surface area contributed by atoms with Gasteiger partial charge in [0.05, 0.1) is 13.7 Å². The van der Waals surface area contributed by atoms with Crippen molar-refractivity contribution in [1.82, 2.24) is 5.32 Å². The smallest absolute Gasteiger partial charge is 0.325 e. The largest absolute Gasteiger partial charge is 0.541 e. The molecule has 0 amide bonds. The van der Waals surface area contributed by atoms with Gasteiger partial charge in [0.25, 0.3) is 8.32 Å². The Morgan fingerprint density at radius 2 is 1.73 bits per heavy atom. The molecule has 1 N–H and O–H groups in total. The number of esters is 1. The summed E-state index contributed by atoms with van der Waals surface area (Å²) in [5.41, 5.74) is 0.271. The number of methoxy groups -OCH3 is 1. The Labute approximate surface area is 159 Å². The van der Waals surface area contributed by atoms with Crippen LogP contribution in [-0.2, 0) is 16.1 Å². The van der Waals surface area contributed by atoms with Crippen LogP contribution >= 0.6 is 0 Å². The third kappa shape index (κ3) is 5.74. The number of carbonyl (C=O) groups excluding carboxylic acids is 1. The first-order chi connectivity index (χ1) is 11.8. The van der Waals surface area contributed by atoms with Crippen molar-refractivity contribution < 1.29 is 18.7 Å². The number of carbonyl (C=O) groups is 1. The van der Waals surface area contributed by atoms with Gasteiger partial charge in [0.15, 0.2) is 5.75 Å². The molecule has 1 aromatic carbocycles. The van der Waals surface area contributed by atoms with Gasteiger partial charge >= 0.3 is 5.97 Å². The molecule has 0 heterocycles. The molecule has 0 saturated carbocycles. The van der Waals surface area contributed by atoms with Crippen molar-refractivity contribution in [3.8, 4) is 11.5 Å². The number of benzene rings is 1. The second-order valence-corrected chi connectivity index (χ2v) is 13.3. The SMILES string of the molecule is CCOC(=O)C(C)(C)NCc1ccc(OC)c(O[Si](C)(C)C(C)(C)C)c1. The average Bonchev–Trinajstić information content (AvgIpc) is 2.52. The summed E-state index contributed by atoms with van der Waals surface area (Å²) < 4.78 is 17.0. The fourth-order valence-electron chi connectivity index (χ4n) is 2.05. The van der Waals surface area contributed by atoms with E-state index in [1.807, 2.05) is 39.0 Å². The quantitative estimate of drug-likeness (QED) is 0.530. The lowest BCUT2D eigenvalue weighted by Gasteiger charge is -2.37. The maximum atomic E-state index is 12.0. The second-order valence-electron chi connectivity index (χ2n) is 8.55. The van der Waals surface area contributed by atoms with Crippen molar-refractivity contribution >= 4 is 14.3 Å². The van der Waals surface area contributed by atoms with Crippen LogP contribution in [0.15, 0.2) is 18.2 Å². The standard InChI is InChI=1S/C20H35NO4Si/c1-10-24-18(22)20(5,6)21-14-15-11-12-16(23-7)17(13-15)25-26(8,9)19(2,3)4/h11-13,21H,10,14H2,1-9H3. The van der Waals surface area contributed by atoms with Gasteiger partial charge in [0.2, 0.25) is 0 Å². The lowest BCUT2D eigenvalue weighted by molar-refractivity contribution is -0.149. The number of hydrogen-bond donors (Lipinski definition) is 1. The van der Waals surface area contributed by atoms with Crippen molar-refractivity contribution in [3.63, 3.8) is 0 Å². The molecule has 0 aliphatic rings. The minimum atomic E-state index is -1.98. The van der Waals surface area contributed by atoms with E-state index in [1.165, 1.54) is 0 Å². The predicted molar refractivity (Wildman–Crippen MR) is 108 cm³/mol. The van der Waals surface area contributed by atoms with Gasteiger partial charge in [-0.05, 0) is 56.6 Å². The van der Waals surface area contributed by atoms with E-state index in [0.29, 0.717) is 13.2 Å². The van der Waals surface area contributed by atoms with Crippen molar-refractivity contribution in [2.45, 2.75) is 71.8 Å². The van der Waals surface area contributed by atoms with Crippen LogP contribution in [0.1, 0.15) is 47.1 Å². The zero-order chi connectivity index (χ0) is 20.2. The van der Waals surface area contributed by atoms with Crippen LogP contribution in [0.4, 0.5) is 0 Å². The Kier molecular flexibility index (Phi) is 7.30. The molecule has 0 radical (unpaired) electrons. The van der Waals surface area contributed by atoms with Crippen molar-refractivity contribution in [2.24, 2.45) is 0 Å². The van der Waals surface area contributed by atoms with Gasteiger partial charge in [-0.15, -0.1) is 0 Å². The van der Waals surface area contributed by atoms with Gasteiger partial charge in [-0.25, -0.2) is 0 Å². The summed E-state index contributed by atoms with van der Waals surface area (Å²) in [7, 11) is -0.331. The summed E-state index contributed by atoms with van der Waals surface area (Å²) in [6.45, 7) is 17.4. The Morgan fingerprint density at radius 1 is 1.12 bits per heavy atom. The Morgan fingerprint density at radius 3 is 2.23 bits per heavy atom. The number of hydrogen-bond acceptors (Lipinski definition) is 5. The fourth-order valence-corrected chi connectivity index (χ4v) is 3.06. The number of nitrogens with one attached hydrogen (secondary N) is 1. The van der Waals surface area contributed by atoms with E-state index >= 15 is 0 Å². The Bertz CT molecular complexity index is 621. The molecule has 0 bridgehead atoms. The predicted octanol–water partition coefficient (Wildman–Crippen LogP) is 4.51. The minimum absolute atomic E-state index is 0.0954. The molecule has 0 unspecified atom stereocenters. The van der Waals surface area contributed by atoms with Gasteiger partial charge in [-0.3, -0.25) is 10.1 Å². The molecule has 0 spiro atoms. The summed E-state index contributed by atoms with van der Waals surface area (Å²) >= 11 is 0. The van der Waals surface area contributed by atoms with E-state index in [4.69, 9.17) is 13.9 Å². The monoisotopic (exact) mass is 381 g/mol. The van der Waals surface area contributed by atoms with Crippen LogP contribution in [0.2, 0.25) is 18.1 Å². The number of rotatable bonds is 8. The van der Waals surface area contributed by atoms with Crippen molar-refractivity contribution in [1.29, 1.82) is 0 Å². The van der Waals surface area contributed by atoms with Gasteiger partial charge in [0, 0.05) is 6.54 Å². The zero-order valence-corrected chi connectivity index (χ0v) is 18.8. The average molecular weight is 382 g/mol. The summed E-state index contributed by atoms with van der Waals surface area (Å²) in [4.78, 5) is 12.0. The Hall–Kier alpha value is -1.53. The summed E-state index contributed by atoms with van der Waals surface area (Å²) in [6.07, 6.45) is 0. The minimum Gasteiger partial charge on any atom is -0.541 e. The van der Waals surface area contributed by atoms with Crippen molar-refractivity contribution in [3.05, 3.63) is 23.8 Å². The highest BCUT2D eigenvalue weighted by Crippen LogP contribution is 2.40. The maximum Gasteiger partial charge on any atom is 0.325 e. The number of ether oxygens (including phenoxy) is 2. The molecule has 1 rings (SSSR count). The van der Waals surface area contributed by atoms with Crippen molar-refractivity contribution in [2.75, 3.05) is 13.7 Å². The highest BCUT2D eigenvalue weighted by molar-refractivity contribution is 6.74. The highest BCUT2D eigenvalue weighted by atomic mass is 28.4. The summed E-state index contributed by atoms with van der Waals surface area (Å²) in [5.74, 6) is 1.22. The molecule has 6 heteroatoms. The van der Waals surface area contributed by atoms with E-state index in [-0.39, 0.29) is 11.0 Å². The zero-order valence-electron chi connectivity index (χ0n) is 17.8.